The second-order valence-electron chi connectivity index (χ2n) is 8.21. The van der Waals surface area contributed by atoms with E-state index in [1.807, 2.05) is 18.2 Å². The summed E-state index contributed by atoms with van der Waals surface area (Å²) in [6.07, 6.45) is 2.30. The molecule has 2 heterocycles. The fourth-order valence-electron chi connectivity index (χ4n) is 4.46. The van der Waals surface area contributed by atoms with Gasteiger partial charge >= 0.3 is 5.69 Å². The quantitative estimate of drug-likeness (QED) is 0.279. The topological polar surface area (TPSA) is 69.8 Å². The first kappa shape index (κ1) is 24.7. The molecule has 0 N–H and O–H groups in total. The van der Waals surface area contributed by atoms with Gasteiger partial charge in [0.25, 0.3) is 5.56 Å². The van der Waals surface area contributed by atoms with Crippen LogP contribution in [-0.2, 0) is 20.3 Å². The number of hydrogen-bond acceptors (Lipinski definition) is 4. The molecular weight excluding hydrogens is 523 g/mol. The van der Waals surface area contributed by atoms with Gasteiger partial charge in [0.1, 0.15) is 29.3 Å². The van der Waals surface area contributed by atoms with Gasteiger partial charge in [-0.25, -0.2) is 14.8 Å². The van der Waals surface area contributed by atoms with E-state index in [0.717, 1.165) is 4.57 Å². The number of halogens is 1. The van der Waals surface area contributed by atoms with Crippen LogP contribution in [0.5, 0.6) is 0 Å². The highest BCUT2D eigenvalue weighted by molar-refractivity contribution is 7.95. The fourth-order valence-corrected chi connectivity index (χ4v) is 8.58. The molecule has 2 aromatic heterocycles. The summed E-state index contributed by atoms with van der Waals surface area (Å²) >= 11 is 0. The van der Waals surface area contributed by atoms with E-state index in [9.17, 15) is 9.59 Å². The van der Waals surface area contributed by atoms with Crippen molar-refractivity contribution in [2.75, 3.05) is 0 Å². The van der Waals surface area contributed by atoms with Gasteiger partial charge in [-0.2, -0.15) is 0 Å². The Morgan fingerprint density at radius 3 is 1.63 bits per heavy atom. The van der Waals surface area contributed by atoms with E-state index in [0.29, 0.717) is 17.5 Å². The summed E-state index contributed by atoms with van der Waals surface area (Å²) in [7, 11) is 0.889. The summed E-state index contributed by atoms with van der Waals surface area (Å²) in [4.78, 5) is 34.5. The van der Waals surface area contributed by atoms with E-state index >= 15 is 0 Å². The number of aromatic nitrogens is 4. The highest BCUT2D eigenvalue weighted by atomic mass is 79.9. The molecular formula is C27H24BrN4O2P. The highest BCUT2D eigenvalue weighted by Crippen LogP contribution is 2.57. The molecule has 0 fully saturated rings. The van der Waals surface area contributed by atoms with E-state index in [-0.39, 0.29) is 22.5 Å². The van der Waals surface area contributed by atoms with Crippen LogP contribution in [0.1, 0.15) is 5.69 Å². The number of nitrogens with zero attached hydrogens (tertiary/aromatic N) is 4. The second-order valence-corrected chi connectivity index (χ2v) is 11.7. The van der Waals surface area contributed by atoms with Gasteiger partial charge in [0.05, 0.1) is 11.9 Å². The van der Waals surface area contributed by atoms with Gasteiger partial charge in [0.2, 0.25) is 0 Å². The molecule has 0 saturated heterocycles. The number of rotatable bonds is 5. The summed E-state index contributed by atoms with van der Waals surface area (Å²) in [6.45, 7) is 0. The fraction of sp³-hybridized carbons (Fsp3) is 0.111. The average molecular weight is 547 g/mol. The van der Waals surface area contributed by atoms with Crippen LogP contribution < -0.4 is 44.1 Å². The molecule has 176 valence electrons. The molecule has 6 nitrogen and oxygen atoms in total. The molecule has 0 unspecified atom stereocenters. The molecule has 5 aromatic rings. The molecule has 0 amide bonds. The molecule has 0 bridgehead atoms. The summed E-state index contributed by atoms with van der Waals surface area (Å²) in [5.41, 5.74) is 0.359. The van der Waals surface area contributed by atoms with Crippen molar-refractivity contribution in [2.24, 2.45) is 14.1 Å². The number of aryl methyl sites for hydroxylation is 1. The maximum atomic E-state index is 12.9. The second kappa shape index (κ2) is 10.1. The number of benzene rings is 3. The van der Waals surface area contributed by atoms with E-state index < -0.39 is 18.5 Å². The summed E-state index contributed by atoms with van der Waals surface area (Å²) < 4.78 is 2.44. The Balaban J connectivity index is 0.00000289. The lowest BCUT2D eigenvalue weighted by molar-refractivity contribution is -0.00000703. The Bertz CT molecular complexity index is 1490. The first-order valence-corrected chi connectivity index (χ1v) is 13.0. The largest absolute Gasteiger partial charge is 1.00 e. The maximum absolute atomic E-state index is 12.9. The first-order valence-electron chi connectivity index (χ1n) is 11.0. The van der Waals surface area contributed by atoms with Crippen molar-refractivity contribution in [1.29, 1.82) is 0 Å². The summed E-state index contributed by atoms with van der Waals surface area (Å²) in [6, 6.07) is 31.5. The molecule has 0 atom stereocenters. The molecule has 0 spiro atoms. The van der Waals surface area contributed by atoms with E-state index in [1.165, 1.54) is 27.5 Å². The lowest BCUT2D eigenvalue weighted by Gasteiger charge is -2.27. The molecule has 0 aliphatic heterocycles. The van der Waals surface area contributed by atoms with Gasteiger partial charge in [-0.3, -0.25) is 13.9 Å². The van der Waals surface area contributed by atoms with Crippen molar-refractivity contribution in [3.63, 3.8) is 0 Å². The van der Waals surface area contributed by atoms with Crippen LogP contribution in [0, 0.1) is 0 Å². The van der Waals surface area contributed by atoms with Crippen LogP contribution in [-0.4, -0.2) is 19.1 Å². The zero-order valence-electron chi connectivity index (χ0n) is 19.4. The normalized spacial score (nSPS) is 11.3. The highest BCUT2D eigenvalue weighted by Gasteiger charge is 2.46. The van der Waals surface area contributed by atoms with E-state index in [1.54, 1.807) is 13.2 Å². The van der Waals surface area contributed by atoms with Crippen LogP contribution in [0.25, 0.3) is 11.2 Å². The van der Waals surface area contributed by atoms with Gasteiger partial charge in [-0.1, -0.05) is 54.6 Å². The van der Waals surface area contributed by atoms with Gasteiger partial charge in [0, 0.05) is 14.1 Å². The van der Waals surface area contributed by atoms with E-state index in [2.05, 4.69) is 77.8 Å². The molecule has 0 radical (unpaired) electrons. The Labute approximate surface area is 214 Å². The van der Waals surface area contributed by atoms with Gasteiger partial charge in [-0.15, -0.1) is 0 Å². The predicted molar refractivity (Wildman–Crippen MR) is 139 cm³/mol. The molecule has 5 rings (SSSR count). The Kier molecular flexibility index (Phi) is 7.10. The molecule has 0 aliphatic rings. The number of fused-ring (bicyclic) bond motifs is 1. The SMILES string of the molecule is Cn1c(=O)c2nc(C[P+](c3ccccc3)(c3ccccc3)c3ccccc3)cnc2n(C)c1=O.[Br-]. The molecule has 0 aliphatic carbocycles. The summed E-state index contributed by atoms with van der Waals surface area (Å²) in [5, 5.41) is 3.67. The summed E-state index contributed by atoms with van der Waals surface area (Å²) in [5.74, 6) is 0. The average Bonchev–Trinajstić information content (AvgIpc) is 2.91. The number of hydrogen-bond donors (Lipinski definition) is 0. The Morgan fingerprint density at radius 1 is 0.714 bits per heavy atom. The molecule has 0 saturated carbocycles. The lowest BCUT2D eigenvalue weighted by Crippen LogP contribution is -3.00. The minimum Gasteiger partial charge on any atom is -1.00 e. The smallest absolute Gasteiger partial charge is 0.332 e. The van der Waals surface area contributed by atoms with Crippen LogP contribution >= 0.6 is 7.26 Å². The Hall–Kier alpha value is -3.41. The van der Waals surface area contributed by atoms with Crippen molar-refractivity contribution in [3.05, 3.63) is 124 Å². The minimum absolute atomic E-state index is 0. The van der Waals surface area contributed by atoms with Gasteiger partial charge in [-0.05, 0) is 36.4 Å². The first-order chi connectivity index (χ1) is 16.5. The van der Waals surface area contributed by atoms with Gasteiger partial charge in [0.15, 0.2) is 11.2 Å². The predicted octanol–water partition coefficient (Wildman–Crippen LogP) is -0.475. The lowest BCUT2D eigenvalue weighted by atomic mass is 10.3. The third kappa shape index (κ3) is 4.26. The standard InChI is InChI=1S/C27H24N4O2P.BrH/c1-30-25-24(26(32)31(2)27(30)33)29-20(18-28-25)19-34(21-12-6-3-7-13-21,22-14-8-4-9-15-22)23-16-10-5-11-17-23;/h3-18H,19H2,1-2H3;1H/q+1;/p-1. The maximum Gasteiger partial charge on any atom is 0.332 e. The van der Waals surface area contributed by atoms with Crippen LogP contribution in [0.15, 0.2) is 107 Å². The van der Waals surface area contributed by atoms with Crippen molar-refractivity contribution in [3.8, 4) is 0 Å². The molecule has 3 aromatic carbocycles. The van der Waals surface area contributed by atoms with Crippen LogP contribution in [0.4, 0.5) is 0 Å². The third-order valence-electron chi connectivity index (χ3n) is 6.19. The van der Waals surface area contributed by atoms with Crippen molar-refractivity contribution in [1.82, 2.24) is 19.1 Å². The van der Waals surface area contributed by atoms with E-state index in [4.69, 9.17) is 4.98 Å². The van der Waals surface area contributed by atoms with Crippen molar-refractivity contribution in [2.45, 2.75) is 6.16 Å². The van der Waals surface area contributed by atoms with Crippen LogP contribution in [0.2, 0.25) is 0 Å². The van der Waals surface area contributed by atoms with Crippen molar-refractivity contribution >= 4 is 34.3 Å². The molecule has 8 heteroatoms. The Morgan fingerprint density at radius 2 is 1.17 bits per heavy atom. The molecule has 35 heavy (non-hydrogen) atoms. The zero-order valence-corrected chi connectivity index (χ0v) is 21.9. The minimum atomic E-state index is -2.18. The van der Waals surface area contributed by atoms with Gasteiger partial charge < -0.3 is 17.0 Å². The monoisotopic (exact) mass is 546 g/mol. The zero-order chi connectivity index (χ0) is 23.7. The third-order valence-corrected chi connectivity index (χ3v) is 10.5. The van der Waals surface area contributed by atoms with Crippen LogP contribution in [0.3, 0.4) is 0 Å². The van der Waals surface area contributed by atoms with Crippen molar-refractivity contribution < 1.29 is 17.0 Å².